The van der Waals surface area contributed by atoms with E-state index < -0.39 is 10.0 Å². The van der Waals surface area contributed by atoms with Gasteiger partial charge in [0.25, 0.3) is 0 Å². The fraction of sp³-hybridized carbons (Fsp3) is 0.474. The van der Waals surface area contributed by atoms with Crippen LogP contribution in [0.3, 0.4) is 0 Å². The molecule has 27 heavy (non-hydrogen) atoms. The van der Waals surface area contributed by atoms with Gasteiger partial charge in [0.05, 0.1) is 10.9 Å². The van der Waals surface area contributed by atoms with Crippen molar-refractivity contribution in [1.29, 1.82) is 0 Å². The SMILES string of the molecule is Cc1ccc(Cl)cc1S(=O)(=O)NCC(c1cccn1C)N1CCN(C)CC1. The van der Waals surface area contributed by atoms with Crippen molar-refractivity contribution in [2.45, 2.75) is 17.9 Å². The predicted octanol–water partition coefficient (Wildman–Crippen LogP) is 2.25. The molecule has 1 aliphatic heterocycles. The number of aromatic nitrogens is 1. The highest BCUT2D eigenvalue weighted by atomic mass is 35.5. The van der Waals surface area contributed by atoms with Gasteiger partial charge in [-0.25, -0.2) is 13.1 Å². The van der Waals surface area contributed by atoms with Crippen molar-refractivity contribution in [3.05, 3.63) is 52.8 Å². The van der Waals surface area contributed by atoms with Crippen LogP contribution in [0.25, 0.3) is 0 Å². The highest BCUT2D eigenvalue weighted by molar-refractivity contribution is 7.89. The van der Waals surface area contributed by atoms with E-state index in [1.807, 2.05) is 19.3 Å². The average molecular weight is 411 g/mol. The van der Waals surface area contributed by atoms with Gasteiger partial charge in [0.15, 0.2) is 0 Å². The van der Waals surface area contributed by atoms with Crippen LogP contribution in [0.2, 0.25) is 5.02 Å². The molecular weight excluding hydrogens is 384 g/mol. The Bertz CT molecular complexity index is 889. The molecule has 0 spiro atoms. The Labute approximate surface area is 166 Å². The molecule has 1 saturated heterocycles. The molecule has 0 radical (unpaired) electrons. The molecule has 148 valence electrons. The van der Waals surface area contributed by atoms with Crippen LogP contribution < -0.4 is 4.72 Å². The van der Waals surface area contributed by atoms with Gasteiger partial charge in [-0.2, -0.15) is 0 Å². The second kappa shape index (κ2) is 8.32. The number of nitrogens with zero attached hydrogens (tertiary/aromatic N) is 3. The van der Waals surface area contributed by atoms with Crippen molar-refractivity contribution in [3.63, 3.8) is 0 Å². The van der Waals surface area contributed by atoms with Gasteiger partial charge in [0.1, 0.15) is 0 Å². The minimum Gasteiger partial charge on any atom is -0.353 e. The summed E-state index contributed by atoms with van der Waals surface area (Å²) in [7, 11) is 0.462. The van der Waals surface area contributed by atoms with Gasteiger partial charge in [-0.05, 0) is 43.8 Å². The average Bonchev–Trinajstić information content (AvgIpc) is 3.04. The summed E-state index contributed by atoms with van der Waals surface area (Å²) < 4.78 is 30.7. The van der Waals surface area contributed by atoms with Crippen molar-refractivity contribution in [3.8, 4) is 0 Å². The fourth-order valence-electron chi connectivity index (χ4n) is 3.50. The standard InChI is InChI=1S/C19H27ClN4O2S/c1-15-6-7-16(20)13-19(15)27(25,26)21-14-18(17-5-4-8-23(17)3)24-11-9-22(2)10-12-24/h4-8,13,18,21H,9-12,14H2,1-3H3. The third kappa shape index (κ3) is 4.73. The third-order valence-corrected chi connectivity index (χ3v) is 7.01. The first kappa shape index (κ1) is 20.4. The molecule has 3 rings (SSSR count). The summed E-state index contributed by atoms with van der Waals surface area (Å²) in [4.78, 5) is 4.87. The molecular formula is C19H27ClN4O2S. The van der Waals surface area contributed by atoms with E-state index in [2.05, 4.69) is 32.2 Å². The molecule has 0 bridgehead atoms. The number of halogens is 1. The van der Waals surface area contributed by atoms with E-state index >= 15 is 0 Å². The van der Waals surface area contributed by atoms with Gasteiger partial charge in [-0.1, -0.05) is 17.7 Å². The summed E-state index contributed by atoms with van der Waals surface area (Å²) in [5, 5.41) is 0.416. The van der Waals surface area contributed by atoms with Gasteiger partial charge in [-0.15, -0.1) is 0 Å². The van der Waals surface area contributed by atoms with Crippen molar-refractivity contribution >= 4 is 21.6 Å². The molecule has 1 fully saturated rings. The lowest BCUT2D eigenvalue weighted by Crippen LogP contribution is -2.48. The Kier molecular flexibility index (Phi) is 6.28. The molecule has 6 nitrogen and oxygen atoms in total. The van der Waals surface area contributed by atoms with Gasteiger partial charge < -0.3 is 9.47 Å². The van der Waals surface area contributed by atoms with Crippen LogP contribution in [-0.4, -0.2) is 62.6 Å². The number of benzene rings is 1. The molecule has 8 heteroatoms. The Balaban J connectivity index is 1.82. The summed E-state index contributed by atoms with van der Waals surface area (Å²) in [6.45, 7) is 5.85. The number of nitrogens with one attached hydrogen (secondary N) is 1. The number of piperazine rings is 1. The fourth-order valence-corrected chi connectivity index (χ4v) is 5.05. The Hall–Kier alpha value is -1.38. The number of aryl methyl sites for hydroxylation is 2. The topological polar surface area (TPSA) is 57.6 Å². The number of likely N-dealkylation sites (N-methyl/N-ethyl adjacent to an activating group) is 1. The highest BCUT2D eigenvalue weighted by Crippen LogP contribution is 2.24. The first-order valence-corrected chi connectivity index (χ1v) is 10.9. The van der Waals surface area contributed by atoms with Crippen LogP contribution >= 0.6 is 11.6 Å². The monoisotopic (exact) mass is 410 g/mol. The smallest absolute Gasteiger partial charge is 0.240 e. The Morgan fingerprint density at radius 3 is 2.48 bits per heavy atom. The molecule has 1 aliphatic rings. The molecule has 0 saturated carbocycles. The summed E-state index contributed by atoms with van der Waals surface area (Å²) in [5.74, 6) is 0. The zero-order chi connectivity index (χ0) is 19.6. The van der Waals surface area contributed by atoms with Gasteiger partial charge >= 0.3 is 0 Å². The van der Waals surface area contributed by atoms with Crippen molar-refractivity contribution in [1.82, 2.24) is 19.1 Å². The van der Waals surface area contributed by atoms with Crippen LogP contribution in [0.5, 0.6) is 0 Å². The van der Waals surface area contributed by atoms with E-state index in [1.54, 1.807) is 19.1 Å². The van der Waals surface area contributed by atoms with Crippen molar-refractivity contribution < 1.29 is 8.42 Å². The maximum atomic E-state index is 12.9. The molecule has 1 atom stereocenters. The van der Waals surface area contributed by atoms with Gasteiger partial charge in [0, 0.05) is 56.7 Å². The Morgan fingerprint density at radius 2 is 1.85 bits per heavy atom. The van der Waals surface area contributed by atoms with E-state index in [0.29, 0.717) is 17.1 Å². The number of rotatable bonds is 6. The second-order valence-corrected chi connectivity index (χ2v) is 9.33. The van der Waals surface area contributed by atoms with Crippen LogP contribution in [0.4, 0.5) is 0 Å². The molecule has 1 unspecified atom stereocenters. The normalized spacial score (nSPS) is 17.9. The number of sulfonamides is 1. The van der Waals surface area contributed by atoms with E-state index in [0.717, 1.165) is 31.9 Å². The minimum atomic E-state index is -3.64. The second-order valence-electron chi connectivity index (χ2n) is 7.16. The zero-order valence-electron chi connectivity index (χ0n) is 16.0. The minimum absolute atomic E-state index is 0.0204. The predicted molar refractivity (Wildman–Crippen MR) is 109 cm³/mol. The maximum absolute atomic E-state index is 12.9. The van der Waals surface area contributed by atoms with E-state index in [4.69, 9.17) is 11.6 Å². The van der Waals surface area contributed by atoms with Crippen LogP contribution in [0.15, 0.2) is 41.4 Å². The number of hydrogen-bond acceptors (Lipinski definition) is 4. The molecule has 1 N–H and O–H groups in total. The lowest BCUT2D eigenvalue weighted by molar-refractivity contribution is 0.109. The lowest BCUT2D eigenvalue weighted by atomic mass is 10.1. The lowest BCUT2D eigenvalue weighted by Gasteiger charge is -2.38. The van der Waals surface area contributed by atoms with Crippen LogP contribution in [-0.2, 0) is 17.1 Å². The first-order valence-electron chi connectivity index (χ1n) is 9.07. The molecule has 0 amide bonds. The molecule has 2 heterocycles. The van der Waals surface area contributed by atoms with Gasteiger partial charge in [0.2, 0.25) is 10.0 Å². The summed E-state index contributed by atoms with van der Waals surface area (Å²) >= 11 is 6.01. The van der Waals surface area contributed by atoms with Crippen LogP contribution in [0, 0.1) is 6.92 Å². The molecule has 2 aromatic rings. The van der Waals surface area contributed by atoms with Crippen molar-refractivity contribution in [2.75, 3.05) is 39.8 Å². The first-order chi connectivity index (χ1) is 12.8. The van der Waals surface area contributed by atoms with Gasteiger partial charge in [-0.3, -0.25) is 4.90 Å². The molecule has 1 aromatic heterocycles. The summed E-state index contributed by atoms with van der Waals surface area (Å²) in [6, 6.07) is 8.97. The van der Waals surface area contributed by atoms with Crippen LogP contribution in [0.1, 0.15) is 17.3 Å². The third-order valence-electron chi connectivity index (χ3n) is 5.21. The zero-order valence-corrected chi connectivity index (χ0v) is 17.6. The molecule has 1 aromatic carbocycles. The maximum Gasteiger partial charge on any atom is 0.240 e. The van der Waals surface area contributed by atoms with E-state index in [1.165, 1.54) is 6.07 Å². The molecule has 0 aliphatic carbocycles. The number of hydrogen-bond donors (Lipinski definition) is 1. The Morgan fingerprint density at radius 1 is 1.15 bits per heavy atom. The highest BCUT2D eigenvalue weighted by Gasteiger charge is 2.27. The van der Waals surface area contributed by atoms with Crippen molar-refractivity contribution in [2.24, 2.45) is 7.05 Å². The summed E-state index contributed by atoms with van der Waals surface area (Å²) in [6.07, 6.45) is 1.99. The van der Waals surface area contributed by atoms with E-state index in [9.17, 15) is 8.42 Å². The summed E-state index contributed by atoms with van der Waals surface area (Å²) in [5.41, 5.74) is 1.78. The largest absolute Gasteiger partial charge is 0.353 e. The quantitative estimate of drug-likeness (QED) is 0.793. The van der Waals surface area contributed by atoms with E-state index in [-0.39, 0.29) is 10.9 Å².